The molecule has 0 unspecified atom stereocenters. The molecule has 0 spiro atoms. The summed E-state index contributed by atoms with van der Waals surface area (Å²) in [5.41, 5.74) is 2.85. The molecule has 1 aromatic carbocycles. The number of benzene rings is 1. The van der Waals surface area contributed by atoms with Gasteiger partial charge in [-0.25, -0.2) is 0 Å². The first kappa shape index (κ1) is 8.10. The van der Waals surface area contributed by atoms with E-state index in [1.807, 2.05) is 25.1 Å². The molecule has 0 atom stereocenters. The zero-order valence-electron chi connectivity index (χ0n) is 7.55. The normalized spacial score (nSPS) is 15.3. The predicted molar refractivity (Wildman–Crippen MR) is 52.0 cm³/mol. The van der Waals surface area contributed by atoms with Gasteiger partial charge in [-0.2, -0.15) is 0 Å². The molecule has 0 saturated carbocycles. The second-order valence-corrected chi connectivity index (χ2v) is 3.23. The summed E-state index contributed by atoms with van der Waals surface area (Å²) in [6.45, 7) is 3.50. The fourth-order valence-electron chi connectivity index (χ4n) is 1.47. The molecule has 0 fully saturated rings. The van der Waals surface area contributed by atoms with Crippen LogP contribution in [0, 0.1) is 6.92 Å². The molecular formula is C10H12N2O. The van der Waals surface area contributed by atoms with Crippen molar-refractivity contribution >= 4 is 11.6 Å². The maximum Gasteiger partial charge on any atom is 0.253 e. The third-order valence-corrected chi connectivity index (χ3v) is 2.15. The molecule has 1 aliphatic heterocycles. The Balaban J connectivity index is 2.48. The highest BCUT2D eigenvalue weighted by Crippen LogP contribution is 2.18. The number of nitrogens with one attached hydrogen (secondary N) is 2. The smallest absolute Gasteiger partial charge is 0.253 e. The van der Waals surface area contributed by atoms with E-state index in [1.165, 1.54) is 5.56 Å². The SMILES string of the molecule is Cc1ccc2c(c1)NCCNC2=O. The lowest BCUT2D eigenvalue weighted by atomic mass is 10.1. The summed E-state index contributed by atoms with van der Waals surface area (Å²) in [4.78, 5) is 11.5. The largest absolute Gasteiger partial charge is 0.383 e. The fourth-order valence-corrected chi connectivity index (χ4v) is 1.47. The first-order valence-corrected chi connectivity index (χ1v) is 4.40. The summed E-state index contributed by atoms with van der Waals surface area (Å²) < 4.78 is 0. The Morgan fingerprint density at radius 1 is 1.23 bits per heavy atom. The van der Waals surface area contributed by atoms with E-state index in [2.05, 4.69) is 10.6 Å². The third kappa shape index (κ3) is 1.49. The van der Waals surface area contributed by atoms with Crippen LogP contribution >= 0.6 is 0 Å². The molecule has 0 radical (unpaired) electrons. The van der Waals surface area contributed by atoms with Crippen LogP contribution in [-0.4, -0.2) is 19.0 Å². The lowest BCUT2D eigenvalue weighted by Crippen LogP contribution is -2.24. The number of fused-ring (bicyclic) bond motifs is 1. The van der Waals surface area contributed by atoms with E-state index in [9.17, 15) is 4.79 Å². The maximum absolute atomic E-state index is 11.5. The van der Waals surface area contributed by atoms with E-state index >= 15 is 0 Å². The first-order valence-electron chi connectivity index (χ1n) is 4.40. The van der Waals surface area contributed by atoms with Gasteiger partial charge in [0.2, 0.25) is 0 Å². The summed E-state index contributed by atoms with van der Waals surface area (Å²) in [6, 6.07) is 5.81. The highest BCUT2D eigenvalue weighted by molar-refractivity contribution is 6.00. The van der Waals surface area contributed by atoms with Crippen molar-refractivity contribution in [2.45, 2.75) is 6.92 Å². The molecule has 2 N–H and O–H groups in total. The molecular weight excluding hydrogens is 164 g/mol. The number of hydrogen-bond donors (Lipinski definition) is 2. The van der Waals surface area contributed by atoms with Crippen LogP contribution in [0.25, 0.3) is 0 Å². The van der Waals surface area contributed by atoms with Gasteiger partial charge in [0.15, 0.2) is 0 Å². The number of rotatable bonds is 0. The number of amides is 1. The Kier molecular flexibility index (Phi) is 1.93. The molecule has 13 heavy (non-hydrogen) atoms. The molecule has 0 saturated heterocycles. The molecule has 1 aliphatic rings. The molecule has 1 heterocycles. The number of carbonyl (C=O) groups is 1. The van der Waals surface area contributed by atoms with Crippen LogP contribution in [0.3, 0.4) is 0 Å². The number of anilines is 1. The lowest BCUT2D eigenvalue weighted by Gasteiger charge is -2.05. The number of aryl methyl sites for hydroxylation is 1. The fraction of sp³-hybridized carbons (Fsp3) is 0.300. The second-order valence-electron chi connectivity index (χ2n) is 3.23. The van der Waals surface area contributed by atoms with Gasteiger partial charge in [-0.1, -0.05) is 6.07 Å². The van der Waals surface area contributed by atoms with Crippen molar-refractivity contribution in [1.29, 1.82) is 0 Å². The average molecular weight is 176 g/mol. The van der Waals surface area contributed by atoms with Crippen LogP contribution in [-0.2, 0) is 0 Å². The van der Waals surface area contributed by atoms with E-state index < -0.39 is 0 Å². The van der Waals surface area contributed by atoms with E-state index in [0.717, 1.165) is 17.8 Å². The van der Waals surface area contributed by atoms with Crippen LogP contribution in [0.5, 0.6) is 0 Å². The van der Waals surface area contributed by atoms with Crippen molar-refractivity contribution in [2.75, 3.05) is 18.4 Å². The molecule has 68 valence electrons. The van der Waals surface area contributed by atoms with Gasteiger partial charge in [0.05, 0.1) is 5.56 Å². The van der Waals surface area contributed by atoms with Crippen molar-refractivity contribution < 1.29 is 4.79 Å². The predicted octanol–water partition coefficient (Wildman–Crippen LogP) is 1.15. The Labute approximate surface area is 77.1 Å². The van der Waals surface area contributed by atoms with Gasteiger partial charge >= 0.3 is 0 Å². The standard InChI is InChI=1S/C10H12N2O/c1-7-2-3-8-9(6-7)11-4-5-12-10(8)13/h2-3,6,11H,4-5H2,1H3,(H,12,13). The molecule has 2 rings (SSSR count). The van der Waals surface area contributed by atoms with Crippen molar-refractivity contribution in [3.05, 3.63) is 29.3 Å². The Morgan fingerprint density at radius 3 is 2.85 bits per heavy atom. The van der Waals surface area contributed by atoms with E-state index in [0.29, 0.717) is 6.54 Å². The molecule has 0 aromatic heterocycles. The quantitative estimate of drug-likeness (QED) is 0.622. The maximum atomic E-state index is 11.5. The van der Waals surface area contributed by atoms with Gasteiger partial charge < -0.3 is 10.6 Å². The molecule has 3 heteroatoms. The van der Waals surface area contributed by atoms with E-state index in [-0.39, 0.29) is 5.91 Å². The number of carbonyl (C=O) groups excluding carboxylic acids is 1. The molecule has 3 nitrogen and oxygen atoms in total. The van der Waals surface area contributed by atoms with E-state index in [4.69, 9.17) is 0 Å². The molecule has 1 amide bonds. The summed E-state index contributed by atoms with van der Waals surface area (Å²) in [7, 11) is 0. The molecule has 1 aromatic rings. The van der Waals surface area contributed by atoms with Gasteiger partial charge in [-0.05, 0) is 24.6 Å². The Hall–Kier alpha value is -1.51. The first-order chi connectivity index (χ1) is 6.27. The van der Waals surface area contributed by atoms with Crippen LogP contribution in [0.2, 0.25) is 0 Å². The van der Waals surface area contributed by atoms with Crippen molar-refractivity contribution in [2.24, 2.45) is 0 Å². The van der Waals surface area contributed by atoms with E-state index in [1.54, 1.807) is 0 Å². The van der Waals surface area contributed by atoms with Crippen LogP contribution in [0.15, 0.2) is 18.2 Å². The van der Waals surface area contributed by atoms with Crippen molar-refractivity contribution in [1.82, 2.24) is 5.32 Å². The second kappa shape index (κ2) is 3.09. The monoisotopic (exact) mass is 176 g/mol. The molecule has 0 bridgehead atoms. The van der Waals surface area contributed by atoms with Crippen LogP contribution in [0.4, 0.5) is 5.69 Å². The zero-order valence-corrected chi connectivity index (χ0v) is 7.55. The van der Waals surface area contributed by atoms with Crippen LogP contribution in [0.1, 0.15) is 15.9 Å². The topological polar surface area (TPSA) is 41.1 Å². The highest BCUT2D eigenvalue weighted by Gasteiger charge is 2.13. The highest BCUT2D eigenvalue weighted by atomic mass is 16.1. The van der Waals surface area contributed by atoms with Crippen molar-refractivity contribution in [3.63, 3.8) is 0 Å². The average Bonchev–Trinajstić information content (AvgIpc) is 2.28. The van der Waals surface area contributed by atoms with Gasteiger partial charge in [-0.3, -0.25) is 4.79 Å². The van der Waals surface area contributed by atoms with Gasteiger partial charge in [0.25, 0.3) is 5.91 Å². The summed E-state index contributed by atoms with van der Waals surface area (Å²) in [5, 5.41) is 6.03. The minimum absolute atomic E-state index is 0.0139. The summed E-state index contributed by atoms with van der Waals surface area (Å²) in [6.07, 6.45) is 0. The Morgan fingerprint density at radius 2 is 2.00 bits per heavy atom. The third-order valence-electron chi connectivity index (χ3n) is 2.15. The number of hydrogen-bond acceptors (Lipinski definition) is 2. The van der Waals surface area contributed by atoms with Crippen molar-refractivity contribution in [3.8, 4) is 0 Å². The molecule has 0 aliphatic carbocycles. The summed E-state index contributed by atoms with van der Waals surface area (Å²) in [5.74, 6) is 0.0139. The minimum Gasteiger partial charge on any atom is -0.383 e. The lowest BCUT2D eigenvalue weighted by molar-refractivity contribution is 0.0958. The zero-order chi connectivity index (χ0) is 9.26. The van der Waals surface area contributed by atoms with Gasteiger partial charge in [0.1, 0.15) is 0 Å². The van der Waals surface area contributed by atoms with Crippen LogP contribution < -0.4 is 10.6 Å². The van der Waals surface area contributed by atoms with Gasteiger partial charge in [0, 0.05) is 18.8 Å². The minimum atomic E-state index is 0.0139. The Bertz CT molecular complexity index is 347. The summed E-state index contributed by atoms with van der Waals surface area (Å²) >= 11 is 0. The van der Waals surface area contributed by atoms with Gasteiger partial charge in [-0.15, -0.1) is 0 Å².